The zero-order chi connectivity index (χ0) is 15.4. The van der Waals surface area contributed by atoms with Gasteiger partial charge in [-0.1, -0.05) is 23.8 Å². The maximum Gasteiger partial charge on any atom is 0.201 e. The molecule has 0 saturated carbocycles. The van der Waals surface area contributed by atoms with E-state index >= 15 is 0 Å². The van der Waals surface area contributed by atoms with E-state index in [0.717, 1.165) is 51.7 Å². The summed E-state index contributed by atoms with van der Waals surface area (Å²) < 4.78 is 2.03. The second-order valence-corrected chi connectivity index (χ2v) is 6.39. The number of Topliss-reactive ketones (excluding diaryl/α,β-unsaturated/α-hetero) is 1. The van der Waals surface area contributed by atoms with E-state index in [1.165, 1.54) is 5.57 Å². The Hall–Kier alpha value is -1.68. The first-order valence-electron chi connectivity index (χ1n) is 8.33. The van der Waals surface area contributed by atoms with E-state index in [1.807, 2.05) is 10.8 Å². The lowest BCUT2D eigenvalue weighted by Crippen LogP contribution is -2.34. The summed E-state index contributed by atoms with van der Waals surface area (Å²) in [5.41, 5.74) is 1.37. The van der Waals surface area contributed by atoms with Crippen LogP contribution in [0.4, 0.5) is 0 Å². The Kier molecular flexibility index (Phi) is 4.88. The molecular weight excluding hydrogens is 274 g/mol. The van der Waals surface area contributed by atoms with Crippen molar-refractivity contribution in [1.82, 2.24) is 14.5 Å². The van der Waals surface area contributed by atoms with Crippen molar-refractivity contribution in [2.45, 2.75) is 38.6 Å². The van der Waals surface area contributed by atoms with E-state index < -0.39 is 0 Å². The first-order chi connectivity index (χ1) is 10.7. The highest BCUT2D eigenvalue weighted by molar-refractivity contribution is 5.94. The molecule has 0 radical (unpaired) electrons. The number of aromatic nitrogens is 2. The van der Waals surface area contributed by atoms with Gasteiger partial charge in [0.2, 0.25) is 5.78 Å². The number of allylic oxidation sites excluding steroid dienone is 4. The molecule has 2 heterocycles. The zero-order valence-electron chi connectivity index (χ0n) is 13.4. The molecule has 1 aromatic heterocycles. The second kappa shape index (κ2) is 7.05. The van der Waals surface area contributed by atoms with Crippen molar-refractivity contribution in [2.75, 3.05) is 20.1 Å². The van der Waals surface area contributed by atoms with Crippen molar-refractivity contribution in [3.8, 4) is 0 Å². The number of aryl methyl sites for hydroxylation is 1. The molecule has 0 amide bonds. The number of ketones is 1. The molecule has 4 heteroatoms. The summed E-state index contributed by atoms with van der Waals surface area (Å²) in [6.07, 6.45) is 15.6. The van der Waals surface area contributed by atoms with Crippen LogP contribution in [0.3, 0.4) is 0 Å². The molecule has 1 saturated heterocycles. The van der Waals surface area contributed by atoms with E-state index in [2.05, 4.69) is 35.2 Å². The van der Waals surface area contributed by atoms with Crippen molar-refractivity contribution < 1.29 is 4.79 Å². The Labute approximate surface area is 132 Å². The number of nitrogens with zero attached hydrogens (tertiary/aromatic N) is 3. The number of piperidine rings is 1. The molecule has 118 valence electrons. The first kappa shape index (κ1) is 15.2. The number of rotatable bonds is 5. The third-order valence-electron chi connectivity index (χ3n) is 4.74. The lowest BCUT2D eigenvalue weighted by Gasteiger charge is -2.27. The SMILES string of the molecule is CN1CCC(C(=O)c2nccn2CCC2=CCCC=C2)CC1. The predicted molar refractivity (Wildman–Crippen MR) is 87.9 cm³/mol. The van der Waals surface area contributed by atoms with Gasteiger partial charge in [-0.25, -0.2) is 4.98 Å². The van der Waals surface area contributed by atoms with Gasteiger partial charge in [-0.3, -0.25) is 4.79 Å². The molecule has 2 aliphatic rings. The fourth-order valence-corrected chi connectivity index (χ4v) is 3.27. The number of carbonyl (C=O) groups is 1. The number of hydrogen-bond donors (Lipinski definition) is 0. The highest BCUT2D eigenvalue weighted by Crippen LogP contribution is 2.21. The van der Waals surface area contributed by atoms with Gasteiger partial charge >= 0.3 is 0 Å². The molecule has 0 spiro atoms. The summed E-state index contributed by atoms with van der Waals surface area (Å²) in [4.78, 5) is 19.3. The Morgan fingerprint density at radius 1 is 1.32 bits per heavy atom. The highest BCUT2D eigenvalue weighted by Gasteiger charge is 2.27. The van der Waals surface area contributed by atoms with Gasteiger partial charge in [0, 0.05) is 24.9 Å². The molecule has 1 aromatic rings. The monoisotopic (exact) mass is 299 g/mol. The van der Waals surface area contributed by atoms with Gasteiger partial charge in [-0.15, -0.1) is 0 Å². The van der Waals surface area contributed by atoms with Crippen LogP contribution in [-0.4, -0.2) is 40.4 Å². The van der Waals surface area contributed by atoms with E-state index in [9.17, 15) is 4.79 Å². The number of hydrogen-bond acceptors (Lipinski definition) is 3. The molecule has 0 N–H and O–H groups in total. The molecule has 22 heavy (non-hydrogen) atoms. The molecule has 4 nitrogen and oxygen atoms in total. The van der Waals surface area contributed by atoms with Crippen LogP contribution in [0, 0.1) is 5.92 Å². The summed E-state index contributed by atoms with van der Waals surface area (Å²) in [5.74, 6) is 1.02. The predicted octanol–water partition coefficient (Wildman–Crippen LogP) is 3.07. The van der Waals surface area contributed by atoms with Crippen molar-refractivity contribution >= 4 is 5.78 Å². The van der Waals surface area contributed by atoms with Gasteiger partial charge in [0.05, 0.1) is 0 Å². The van der Waals surface area contributed by atoms with Crippen LogP contribution < -0.4 is 0 Å². The molecule has 0 atom stereocenters. The molecule has 0 aromatic carbocycles. The first-order valence-corrected chi connectivity index (χ1v) is 8.33. The van der Waals surface area contributed by atoms with Crippen LogP contribution in [0.1, 0.15) is 42.7 Å². The quantitative estimate of drug-likeness (QED) is 0.784. The number of carbonyl (C=O) groups excluding carboxylic acids is 1. The van der Waals surface area contributed by atoms with Gasteiger partial charge in [0.15, 0.2) is 5.82 Å². The Balaban J connectivity index is 1.62. The summed E-state index contributed by atoms with van der Waals surface area (Å²) in [6.45, 7) is 2.85. The smallest absolute Gasteiger partial charge is 0.201 e. The largest absolute Gasteiger partial charge is 0.328 e. The third kappa shape index (κ3) is 3.55. The Bertz CT molecular complexity index is 577. The van der Waals surface area contributed by atoms with E-state index in [4.69, 9.17) is 0 Å². The van der Waals surface area contributed by atoms with Crippen LogP contribution in [0.25, 0.3) is 0 Å². The maximum absolute atomic E-state index is 12.7. The topological polar surface area (TPSA) is 38.1 Å². The molecule has 3 rings (SSSR count). The van der Waals surface area contributed by atoms with Crippen LogP contribution in [-0.2, 0) is 6.54 Å². The normalized spacial score (nSPS) is 20.1. The van der Waals surface area contributed by atoms with Crippen molar-refractivity contribution in [1.29, 1.82) is 0 Å². The van der Waals surface area contributed by atoms with Crippen molar-refractivity contribution in [3.63, 3.8) is 0 Å². The lowest BCUT2D eigenvalue weighted by molar-refractivity contribution is 0.0841. The maximum atomic E-state index is 12.7. The van der Waals surface area contributed by atoms with Gasteiger partial charge in [0.25, 0.3) is 0 Å². The van der Waals surface area contributed by atoms with Crippen LogP contribution in [0.5, 0.6) is 0 Å². The average Bonchev–Trinajstić information content (AvgIpc) is 3.02. The minimum absolute atomic E-state index is 0.145. The minimum Gasteiger partial charge on any atom is -0.328 e. The molecule has 1 aliphatic heterocycles. The van der Waals surface area contributed by atoms with Gasteiger partial charge in [-0.2, -0.15) is 0 Å². The molecule has 1 fully saturated rings. The lowest BCUT2D eigenvalue weighted by atomic mass is 9.92. The van der Waals surface area contributed by atoms with Crippen LogP contribution >= 0.6 is 0 Å². The summed E-state index contributed by atoms with van der Waals surface area (Å²) >= 11 is 0. The van der Waals surface area contributed by atoms with E-state index in [0.29, 0.717) is 5.82 Å². The van der Waals surface area contributed by atoms with Gasteiger partial charge in [0.1, 0.15) is 0 Å². The van der Waals surface area contributed by atoms with Crippen molar-refractivity contribution in [3.05, 3.63) is 42.0 Å². The highest BCUT2D eigenvalue weighted by atomic mass is 16.1. The molecular formula is C18H25N3O. The molecule has 0 unspecified atom stereocenters. The average molecular weight is 299 g/mol. The number of imidazole rings is 1. The van der Waals surface area contributed by atoms with E-state index in [-0.39, 0.29) is 11.7 Å². The Morgan fingerprint density at radius 3 is 2.86 bits per heavy atom. The fraction of sp³-hybridized carbons (Fsp3) is 0.556. The molecule has 1 aliphatic carbocycles. The van der Waals surface area contributed by atoms with Crippen LogP contribution in [0.2, 0.25) is 0 Å². The number of likely N-dealkylation sites (tertiary alicyclic amines) is 1. The minimum atomic E-state index is 0.145. The second-order valence-electron chi connectivity index (χ2n) is 6.39. The zero-order valence-corrected chi connectivity index (χ0v) is 13.4. The van der Waals surface area contributed by atoms with Crippen molar-refractivity contribution in [2.24, 2.45) is 5.92 Å². The van der Waals surface area contributed by atoms with Gasteiger partial charge in [-0.05, 0) is 52.2 Å². The van der Waals surface area contributed by atoms with Crippen LogP contribution in [0.15, 0.2) is 36.2 Å². The van der Waals surface area contributed by atoms with Gasteiger partial charge < -0.3 is 9.47 Å². The van der Waals surface area contributed by atoms with E-state index in [1.54, 1.807) is 6.20 Å². The third-order valence-corrected chi connectivity index (χ3v) is 4.74. The summed E-state index contributed by atoms with van der Waals surface area (Å²) in [5, 5.41) is 0. The Morgan fingerprint density at radius 2 is 2.14 bits per heavy atom. The molecule has 0 bridgehead atoms. The summed E-state index contributed by atoms with van der Waals surface area (Å²) in [7, 11) is 2.12. The standard InChI is InChI=1S/C18H25N3O/c1-20-11-8-16(9-12-20)17(22)18-19-10-14-21(18)13-7-15-5-3-2-4-6-15/h3,5-6,10,14,16H,2,4,7-9,11-13H2,1H3. The summed E-state index contributed by atoms with van der Waals surface area (Å²) in [6, 6.07) is 0. The fourth-order valence-electron chi connectivity index (χ4n) is 3.27.